The van der Waals surface area contributed by atoms with E-state index in [-0.39, 0.29) is 23.0 Å². The Balaban J connectivity index is 1.62. The predicted octanol–water partition coefficient (Wildman–Crippen LogP) is 4.63. The van der Waals surface area contributed by atoms with Crippen LogP contribution in [0.3, 0.4) is 0 Å². The van der Waals surface area contributed by atoms with Crippen molar-refractivity contribution >= 4 is 11.7 Å². The highest BCUT2D eigenvalue weighted by Crippen LogP contribution is 2.40. The number of fused-ring (bicyclic) bond motifs is 1. The molecule has 2 aromatic rings. The third-order valence-corrected chi connectivity index (χ3v) is 6.18. The van der Waals surface area contributed by atoms with Gasteiger partial charge in [0.1, 0.15) is 11.4 Å². The van der Waals surface area contributed by atoms with E-state index in [1.165, 1.54) is 24.8 Å². The standard InChI is InChI=1S/C22H30N4O/c1-21(2)14-18(16-10-6-4-7-11-16)24-19-17(15-23-26(19)21)20(27)25-22(3)12-8-5-9-13-22/h4,6-7,10-11,15,18,24H,5,8-9,12-14H2,1-3H3,(H,25,27). The van der Waals surface area contributed by atoms with Gasteiger partial charge >= 0.3 is 0 Å². The van der Waals surface area contributed by atoms with Crippen LogP contribution in [0.1, 0.15) is 81.3 Å². The van der Waals surface area contributed by atoms with Crippen molar-refractivity contribution in [3.8, 4) is 0 Å². The highest BCUT2D eigenvalue weighted by atomic mass is 16.1. The van der Waals surface area contributed by atoms with Crippen molar-refractivity contribution < 1.29 is 4.79 Å². The average molecular weight is 367 g/mol. The number of carbonyl (C=O) groups is 1. The minimum absolute atomic E-state index is 0.0161. The summed E-state index contributed by atoms with van der Waals surface area (Å²) >= 11 is 0. The molecule has 1 aliphatic heterocycles. The fraction of sp³-hybridized carbons (Fsp3) is 0.545. The first-order valence-electron chi connectivity index (χ1n) is 10.1. The molecular formula is C22H30N4O. The summed E-state index contributed by atoms with van der Waals surface area (Å²) in [6.07, 6.45) is 8.38. The second kappa shape index (κ2) is 6.70. The van der Waals surface area contributed by atoms with Gasteiger partial charge in [-0.25, -0.2) is 4.68 Å². The SMILES string of the molecule is CC1(NC(=O)c2cnn3c2NC(c2ccccc2)CC3(C)C)CCCCC1. The first kappa shape index (κ1) is 18.1. The van der Waals surface area contributed by atoms with E-state index in [9.17, 15) is 4.79 Å². The average Bonchev–Trinajstić information content (AvgIpc) is 3.07. The van der Waals surface area contributed by atoms with Crippen LogP contribution in [-0.4, -0.2) is 21.2 Å². The zero-order valence-electron chi connectivity index (χ0n) is 16.6. The van der Waals surface area contributed by atoms with Gasteiger partial charge in [0.25, 0.3) is 5.91 Å². The summed E-state index contributed by atoms with van der Waals surface area (Å²) < 4.78 is 1.98. The van der Waals surface area contributed by atoms with E-state index >= 15 is 0 Å². The van der Waals surface area contributed by atoms with Crippen molar-refractivity contribution in [2.24, 2.45) is 0 Å². The molecule has 144 valence electrons. The van der Waals surface area contributed by atoms with Crippen LogP contribution < -0.4 is 10.6 Å². The summed E-state index contributed by atoms with van der Waals surface area (Å²) in [5.74, 6) is 0.815. The third-order valence-electron chi connectivity index (χ3n) is 6.18. The van der Waals surface area contributed by atoms with Crippen molar-refractivity contribution in [3.63, 3.8) is 0 Å². The van der Waals surface area contributed by atoms with E-state index in [0.29, 0.717) is 5.56 Å². The maximum Gasteiger partial charge on any atom is 0.257 e. The maximum absolute atomic E-state index is 13.1. The fourth-order valence-electron chi connectivity index (χ4n) is 4.60. The molecular weight excluding hydrogens is 336 g/mol. The molecule has 0 spiro atoms. The molecule has 2 heterocycles. The zero-order valence-corrected chi connectivity index (χ0v) is 16.6. The van der Waals surface area contributed by atoms with Gasteiger partial charge in [0, 0.05) is 5.54 Å². The van der Waals surface area contributed by atoms with Gasteiger partial charge in [0.05, 0.1) is 17.8 Å². The molecule has 1 unspecified atom stereocenters. The lowest BCUT2D eigenvalue weighted by atomic mass is 9.83. The van der Waals surface area contributed by atoms with Crippen LogP contribution in [0.4, 0.5) is 5.82 Å². The minimum Gasteiger partial charge on any atom is -0.363 e. The first-order chi connectivity index (χ1) is 12.9. The van der Waals surface area contributed by atoms with Gasteiger partial charge in [0.2, 0.25) is 0 Å². The van der Waals surface area contributed by atoms with Crippen LogP contribution in [0.25, 0.3) is 0 Å². The molecule has 0 bridgehead atoms. The highest BCUT2D eigenvalue weighted by Gasteiger charge is 2.37. The molecule has 4 rings (SSSR count). The molecule has 1 saturated carbocycles. The summed E-state index contributed by atoms with van der Waals surface area (Å²) in [5.41, 5.74) is 1.63. The number of benzene rings is 1. The quantitative estimate of drug-likeness (QED) is 0.833. The third kappa shape index (κ3) is 3.47. The van der Waals surface area contributed by atoms with Gasteiger partial charge in [0.15, 0.2) is 0 Å². The fourth-order valence-corrected chi connectivity index (χ4v) is 4.60. The van der Waals surface area contributed by atoms with Crippen LogP contribution in [-0.2, 0) is 5.54 Å². The van der Waals surface area contributed by atoms with Gasteiger partial charge in [-0.05, 0) is 45.6 Å². The van der Waals surface area contributed by atoms with Crippen LogP contribution >= 0.6 is 0 Å². The van der Waals surface area contributed by atoms with E-state index in [2.05, 4.69) is 60.8 Å². The number of hydrogen-bond acceptors (Lipinski definition) is 3. The van der Waals surface area contributed by atoms with E-state index in [1.807, 2.05) is 10.7 Å². The molecule has 1 fully saturated rings. The lowest BCUT2D eigenvalue weighted by molar-refractivity contribution is 0.0883. The summed E-state index contributed by atoms with van der Waals surface area (Å²) in [6.45, 7) is 6.54. The molecule has 1 amide bonds. The van der Waals surface area contributed by atoms with Crippen molar-refractivity contribution in [1.29, 1.82) is 0 Å². The van der Waals surface area contributed by atoms with Crippen molar-refractivity contribution in [2.45, 2.75) is 76.4 Å². The number of hydrogen-bond donors (Lipinski definition) is 2. The number of rotatable bonds is 3. The molecule has 5 heteroatoms. The summed E-state index contributed by atoms with van der Waals surface area (Å²) in [4.78, 5) is 13.1. The molecule has 1 aliphatic carbocycles. The minimum atomic E-state index is -0.158. The Labute approximate surface area is 161 Å². The molecule has 0 radical (unpaired) electrons. The Morgan fingerprint density at radius 1 is 1.15 bits per heavy atom. The van der Waals surface area contributed by atoms with E-state index in [0.717, 1.165) is 25.1 Å². The summed E-state index contributed by atoms with van der Waals surface area (Å²) in [5, 5.41) is 11.5. The van der Waals surface area contributed by atoms with E-state index in [1.54, 1.807) is 6.20 Å². The lowest BCUT2D eigenvalue weighted by Crippen LogP contribution is -2.47. The Morgan fingerprint density at radius 2 is 1.85 bits per heavy atom. The van der Waals surface area contributed by atoms with Crippen molar-refractivity contribution in [1.82, 2.24) is 15.1 Å². The largest absolute Gasteiger partial charge is 0.363 e. The molecule has 1 aromatic heterocycles. The monoisotopic (exact) mass is 366 g/mol. The van der Waals surface area contributed by atoms with Gasteiger partial charge in [-0.3, -0.25) is 4.79 Å². The summed E-state index contributed by atoms with van der Waals surface area (Å²) in [7, 11) is 0. The Kier molecular flexibility index (Phi) is 4.49. The highest BCUT2D eigenvalue weighted by molar-refractivity contribution is 5.99. The number of aromatic nitrogens is 2. The number of nitrogens with zero attached hydrogens (tertiary/aromatic N) is 2. The first-order valence-corrected chi connectivity index (χ1v) is 10.1. The van der Waals surface area contributed by atoms with Gasteiger partial charge in [-0.1, -0.05) is 49.6 Å². The molecule has 1 atom stereocenters. The Morgan fingerprint density at radius 3 is 2.56 bits per heavy atom. The smallest absolute Gasteiger partial charge is 0.257 e. The van der Waals surface area contributed by atoms with Crippen molar-refractivity contribution in [3.05, 3.63) is 47.7 Å². The van der Waals surface area contributed by atoms with Gasteiger partial charge < -0.3 is 10.6 Å². The molecule has 2 aliphatic rings. The van der Waals surface area contributed by atoms with Crippen LogP contribution in [0, 0.1) is 0 Å². The van der Waals surface area contributed by atoms with Crippen LogP contribution in [0.5, 0.6) is 0 Å². The normalized spacial score (nSPS) is 23.1. The Bertz CT molecular complexity index is 818. The van der Waals surface area contributed by atoms with Crippen LogP contribution in [0.2, 0.25) is 0 Å². The predicted molar refractivity (Wildman–Crippen MR) is 108 cm³/mol. The number of carbonyl (C=O) groups excluding carboxylic acids is 1. The topological polar surface area (TPSA) is 59.0 Å². The van der Waals surface area contributed by atoms with Crippen LogP contribution in [0.15, 0.2) is 36.5 Å². The maximum atomic E-state index is 13.1. The molecule has 5 nitrogen and oxygen atoms in total. The number of amides is 1. The van der Waals surface area contributed by atoms with Crippen molar-refractivity contribution in [2.75, 3.05) is 5.32 Å². The van der Waals surface area contributed by atoms with E-state index in [4.69, 9.17) is 0 Å². The molecule has 1 aromatic carbocycles. The molecule has 0 saturated heterocycles. The zero-order chi connectivity index (χ0) is 19.1. The van der Waals surface area contributed by atoms with E-state index < -0.39 is 0 Å². The van der Waals surface area contributed by atoms with Gasteiger partial charge in [-0.2, -0.15) is 5.10 Å². The number of nitrogens with one attached hydrogen (secondary N) is 2. The second-order valence-electron chi connectivity index (χ2n) is 9.02. The molecule has 2 N–H and O–H groups in total. The Hall–Kier alpha value is -2.30. The summed E-state index contributed by atoms with van der Waals surface area (Å²) in [6, 6.07) is 10.6. The lowest BCUT2D eigenvalue weighted by Gasteiger charge is -2.39. The number of anilines is 1. The van der Waals surface area contributed by atoms with Gasteiger partial charge in [-0.15, -0.1) is 0 Å². The molecule has 27 heavy (non-hydrogen) atoms. The second-order valence-corrected chi connectivity index (χ2v) is 9.02.